The molecule has 0 aromatic heterocycles. The van der Waals surface area contributed by atoms with Crippen LogP contribution in [0.25, 0.3) is 10.8 Å². The van der Waals surface area contributed by atoms with E-state index in [4.69, 9.17) is 0 Å². The van der Waals surface area contributed by atoms with E-state index in [1.165, 1.54) is 6.07 Å². The minimum absolute atomic E-state index is 0.0312. The van der Waals surface area contributed by atoms with Gasteiger partial charge in [-0.15, -0.1) is 0 Å². The zero-order valence-corrected chi connectivity index (χ0v) is 13.4. The number of sulfonamides is 1. The lowest BCUT2D eigenvalue weighted by Gasteiger charge is -2.13. The lowest BCUT2D eigenvalue weighted by molar-refractivity contribution is 0.0698. The second-order valence-electron chi connectivity index (χ2n) is 5.65. The number of carbonyl (C=O) groups is 1. The number of hydrogen-bond donors (Lipinski definition) is 2. The molecule has 0 spiro atoms. The van der Waals surface area contributed by atoms with Crippen LogP contribution in [0.1, 0.15) is 30.6 Å². The van der Waals surface area contributed by atoms with Crippen LogP contribution in [-0.2, 0) is 10.0 Å². The second kappa shape index (κ2) is 6.36. The van der Waals surface area contributed by atoms with E-state index in [2.05, 4.69) is 4.72 Å². The summed E-state index contributed by atoms with van der Waals surface area (Å²) in [7, 11) is -3.57. The number of carboxylic acids is 1. The molecular weight excluding hydrogens is 302 g/mol. The first kappa shape index (κ1) is 16.3. The van der Waals surface area contributed by atoms with Gasteiger partial charge in [0.2, 0.25) is 10.0 Å². The third kappa shape index (κ3) is 3.98. The molecule has 0 saturated carbocycles. The van der Waals surface area contributed by atoms with E-state index >= 15 is 0 Å². The Balaban J connectivity index is 2.41. The molecule has 0 unspecified atom stereocenters. The summed E-state index contributed by atoms with van der Waals surface area (Å²) < 4.78 is 26.6. The van der Waals surface area contributed by atoms with Gasteiger partial charge in [0.05, 0.1) is 17.0 Å². The van der Waals surface area contributed by atoms with Crippen molar-refractivity contribution in [3.05, 3.63) is 42.0 Å². The molecule has 0 heterocycles. The topological polar surface area (TPSA) is 83.5 Å². The Hall–Kier alpha value is -2.08. The monoisotopic (exact) mass is 321 g/mol. The number of nitrogens with one attached hydrogen (secondary N) is 1. The van der Waals surface area contributed by atoms with Gasteiger partial charge in [-0.1, -0.05) is 38.1 Å². The summed E-state index contributed by atoms with van der Waals surface area (Å²) >= 11 is 0. The van der Waals surface area contributed by atoms with E-state index in [1.807, 2.05) is 26.0 Å². The fraction of sp³-hybridized carbons (Fsp3) is 0.312. The number of carboxylic acid groups (broad SMARTS) is 1. The Labute approximate surface area is 130 Å². The summed E-state index contributed by atoms with van der Waals surface area (Å²) in [5, 5.41) is 10.8. The minimum atomic E-state index is -3.57. The quantitative estimate of drug-likeness (QED) is 0.855. The molecule has 6 heteroatoms. The number of benzene rings is 2. The molecule has 0 aliphatic heterocycles. The van der Waals surface area contributed by atoms with Gasteiger partial charge in [-0.05, 0) is 35.2 Å². The van der Waals surface area contributed by atoms with Gasteiger partial charge in [-0.2, -0.15) is 0 Å². The Bertz CT molecular complexity index is 797. The summed E-state index contributed by atoms with van der Waals surface area (Å²) in [4.78, 5) is 11.4. The second-order valence-corrected chi connectivity index (χ2v) is 7.50. The van der Waals surface area contributed by atoms with Crippen LogP contribution >= 0.6 is 0 Å². The Kier molecular flexibility index (Phi) is 4.71. The van der Waals surface area contributed by atoms with Crippen molar-refractivity contribution in [1.29, 1.82) is 0 Å². The Morgan fingerprint density at radius 1 is 1.18 bits per heavy atom. The van der Waals surface area contributed by atoms with Crippen LogP contribution in [0, 0.1) is 5.92 Å². The van der Waals surface area contributed by atoms with Gasteiger partial charge in [-0.25, -0.2) is 13.2 Å². The molecule has 2 rings (SSSR count). The summed E-state index contributed by atoms with van der Waals surface area (Å²) in [6.07, 6.45) is 0.519. The molecule has 0 radical (unpaired) electrons. The molecule has 118 valence electrons. The molecule has 2 aromatic carbocycles. The highest BCUT2D eigenvalue weighted by Gasteiger charge is 2.17. The van der Waals surface area contributed by atoms with Gasteiger partial charge in [0.1, 0.15) is 0 Å². The highest BCUT2D eigenvalue weighted by molar-refractivity contribution is 7.92. The van der Waals surface area contributed by atoms with Crippen molar-refractivity contribution in [2.75, 3.05) is 10.5 Å². The minimum Gasteiger partial charge on any atom is -0.478 e. The largest absolute Gasteiger partial charge is 0.478 e. The molecule has 0 atom stereocenters. The lowest BCUT2D eigenvalue weighted by Crippen LogP contribution is -2.19. The molecule has 2 aromatic rings. The summed E-state index contributed by atoms with van der Waals surface area (Å²) in [5.41, 5.74) is 0.0572. The SMILES string of the molecule is CC(C)CCS(=O)(=O)Nc1cc2ccccc2cc1C(=O)O. The van der Waals surface area contributed by atoms with Crippen molar-refractivity contribution in [2.45, 2.75) is 20.3 Å². The van der Waals surface area contributed by atoms with Crippen LogP contribution in [0.15, 0.2) is 36.4 Å². The molecular formula is C16H19NO4S. The maximum Gasteiger partial charge on any atom is 0.337 e. The summed E-state index contributed by atoms with van der Waals surface area (Å²) in [6, 6.07) is 10.3. The van der Waals surface area contributed by atoms with Crippen LogP contribution in [0.3, 0.4) is 0 Å². The first-order valence-electron chi connectivity index (χ1n) is 7.05. The maximum absolute atomic E-state index is 12.1. The maximum atomic E-state index is 12.1. The van der Waals surface area contributed by atoms with Crippen molar-refractivity contribution in [2.24, 2.45) is 5.92 Å². The standard InChI is InChI=1S/C16H19NO4S/c1-11(2)7-8-22(20,21)17-15-10-13-6-4-3-5-12(13)9-14(15)16(18)19/h3-6,9-11,17H,7-8H2,1-2H3,(H,18,19). The number of hydrogen-bond acceptors (Lipinski definition) is 3. The third-order valence-corrected chi connectivity index (χ3v) is 4.65. The van der Waals surface area contributed by atoms with E-state index < -0.39 is 16.0 Å². The normalized spacial score (nSPS) is 11.8. The van der Waals surface area contributed by atoms with Gasteiger partial charge in [0.25, 0.3) is 0 Å². The molecule has 0 fully saturated rings. The van der Waals surface area contributed by atoms with Gasteiger partial charge in [-0.3, -0.25) is 4.72 Å². The van der Waals surface area contributed by atoms with Crippen LogP contribution < -0.4 is 4.72 Å². The number of rotatable bonds is 6. The first-order chi connectivity index (χ1) is 10.3. The Morgan fingerprint density at radius 3 is 2.32 bits per heavy atom. The molecule has 0 amide bonds. The van der Waals surface area contributed by atoms with Crippen molar-refractivity contribution >= 4 is 32.5 Å². The number of fused-ring (bicyclic) bond motifs is 1. The smallest absolute Gasteiger partial charge is 0.337 e. The fourth-order valence-corrected chi connectivity index (χ4v) is 3.50. The Morgan fingerprint density at radius 2 is 1.77 bits per heavy atom. The molecule has 5 nitrogen and oxygen atoms in total. The summed E-state index contributed by atoms with van der Waals surface area (Å²) in [6.45, 7) is 3.88. The van der Waals surface area contributed by atoms with E-state index in [1.54, 1.807) is 18.2 Å². The number of anilines is 1. The zero-order valence-electron chi connectivity index (χ0n) is 12.5. The number of aromatic carboxylic acids is 1. The fourth-order valence-electron chi connectivity index (χ4n) is 2.11. The van der Waals surface area contributed by atoms with Gasteiger partial charge < -0.3 is 5.11 Å². The van der Waals surface area contributed by atoms with Gasteiger partial charge in [0.15, 0.2) is 0 Å². The van der Waals surface area contributed by atoms with E-state index in [0.29, 0.717) is 6.42 Å². The van der Waals surface area contributed by atoms with E-state index in [-0.39, 0.29) is 22.9 Å². The van der Waals surface area contributed by atoms with Crippen molar-refractivity contribution in [3.63, 3.8) is 0 Å². The average molecular weight is 321 g/mol. The van der Waals surface area contributed by atoms with Gasteiger partial charge >= 0.3 is 5.97 Å². The van der Waals surface area contributed by atoms with Crippen molar-refractivity contribution < 1.29 is 18.3 Å². The van der Waals surface area contributed by atoms with E-state index in [0.717, 1.165) is 10.8 Å². The third-order valence-electron chi connectivity index (χ3n) is 3.35. The highest BCUT2D eigenvalue weighted by Crippen LogP contribution is 2.25. The highest BCUT2D eigenvalue weighted by atomic mass is 32.2. The van der Waals surface area contributed by atoms with Crippen LogP contribution in [0.4, 0.5) is 5.69 Å². The predicted octanol–water partition coefficient (Wildman–Crippen LogP) is 3.33. The molecule has 0 aliphatic rings. The average Bonchev–Trinajstić information content (AvgIpc) is 2.44. The van der Waals surface area contributed by atoms with Crippen LogP contribution in [0.5, 0.6) is 0 Å². The molecule has 0 aliphatic carbocycles. The molecule has 2 N–H and O–H groups in total. The molecule has 0 saturated heterocycles. The lowest BCUT2D eigenvalue weighted by atomic mass is 10.1. The predicted molar refractivity (Wildman–Crippen MR) is 87.8 cm³/mol. The first-order valence-corrected chi connectivity index (χ1v) is 8.70. The van der Waals surface area contributed by atoms with Crippen molar-refractivity contribution in [3.8, 4) is 0 Å². The van der Waals surface area contributed by atoms with Crippen molar-refractivity contribution in [1.82, 2.24) is 0 Å². The van der Waals surface area contributed by atoms with Crippen LogP contribution in [0.2, 0.25) is 0 Å². The van der Waals surface area contributed by atoms with E-state index in [9.17, 15) is 18.3 Å². The summed E-state index contributed by atoms with van der Waals surface area (Å²) in [5.74, 6) is -0.934. The van der Waals surface area contributed by atoms with Gasteiger partial charge in [0, 0.05) is 0 Å². The molecule has 0 bridgehead atoms. The molecule has 22 heavy (non-hydrogen) atoms. The zero-order chi connectivity index (χ0) is 16.3. The van der Waals surface area contributed by atoms with Crippen LogP contribution in [-0.4, -0.2) is 25.2 Å².